The molecule has 1 aliphatic rings. The maximum absolute atomic E-state index is 11.7. The maximum atomic E-state index is 11.7. The molecule has 4 atom stereocenters. The van der Waals surface area contributed by atoms with Crippen LogP contribution in [-0.2, 0) is 9.59 Å². The minimum Gasteiger partial charge on any atom is -0.481 e. The van der Waals surface area contributed by atoms with Gasteiger partial charge in [0.25, 0.3) is 0 Å². The van der Waals surface area contributed by atoms with E-state index in [2.05, 4.69) is 12.2 Å². The van der Waals surface area contributed by atoms with Crippen LogP contribution in [0, 0.1) is 11.3 Å². The number of nitrogens with two attached hydrogens (primary N) is 1. The van der Waals surface area contributed by atoms with Gasteiger partial charge in [-0.1, -0.05) is 13.3 Å². The van der Waals surface area contributed by atoms with Gasteiger partial charge in [-0.15, -0.1) is 0 Å². The Kier molecular flexibility index (Phi) is 5.99. The molecule has 1 aliphatic carbocycles. The predicted octanol–water partition coefficient (Wildman–Crippen LogP) is 1.90. The van der Waals surface area contributed by atoms with Gasteiger partial charge in [0.2, 0.25) is 5.91 Å². The van der Waals surface area contributed by atoms with E-state index in [-0.39, 0.29) is 23.9 Å². The number of aliphatic carboxylic acids is 1. The summed E-state index contributed by atoms with van der Waals surface area (Å²) in [7, 11) is 0. The SMILES string of the molecule is CCCC(CC1(C(=O)O)CCC(N)C1)C(C)NC(C)=O. The molecule has 0 aromatic carbocycles. The van der Waals surface area contributed by atoms with Crippen LogP contribution in [0.15, 0.2) is 0 Å². The maximum Gasteiger partial charge on any atom is 0.309 e. The fourth-order valence-electron chi connectivity index (χ4n) is 3.47. The van der Waals surface area contributed by atoms with E-state index in [4.69, 9.17) is 5.73 Å². The second kappa shape index (κ2) is 7.07. The monoisotopic (exact) mass is 284 g/mol. The first-order chi connectivity index (χ1) is 9.30. The molecule has 0 bridgehead atoms. The Balaban J connectivity index is 2.81. The van der Waals surface area contributed by atoms with E-state index in [9.17, 15) is 14.7 Å². The number of carbonyl (C=O) groups excluding carboxylic acids is 1. The highest BCUT2D eigenvalue weighted by Crippen LogP contribution is 2.44. The number of amides is 1. The lowest BCUT2D eigenvalue weighted by molar-refractivity contribution is -0.150. The first-order valence-electron chi connectivity index (χ1n) is 7.57. The zero-order valence-electron chi connectivity index (χ0n) is 12.8. The van der Waals surface area contributed by atoms with Crippen LogP contribution in [0.1, 0.15) is 59.3 Å². The van der Waals surface area contributed by atoms with E-state index in [1.54, 1.807) is 0 Å². The molecule has 0 aromatic rings. The summed E-state index contributed by atoms with van der Waals surface area (Å²) in [6.07, 6.45) is 4.49. The fraction of sp³-hybridized carbons (Fsp3) is 0.867. The molecule has 0 aromatic heterocycles. The van der Waals surface area contributed by atoms with Crippen molar-refractivity contribution in [3.63, 3.8) is 0 Å². The standard InChI is InChI=1S/C15H28N2O3/c1-4-5-12(10(2)17-11(3)18)8-15(14(19)20)7-6-13(16)9-15/h10,12-13H,4-9,16H2,1-3H3,(H,17,18)(H,19,20). The van der Waals surface area contributed by atoms with Gasteiger partial charge in [0.15, 0.2) is 0 Å². The molecule has 116 valence electrons. The van der Waals surface area contributed by atoms with Crippen LogP contribution in [0.25, 0.3) is 0 Å². The lowest BCUT2D eigenvalue weighted by Crippen LogP contribution is -2.41. The molecular weight excluding hydrogens is 256 g/mol. The van der Waals surface area contributed by atoms with Crippen molar-refractivity contribution < 1.29 is 14.7 Å². The van der Waals surface area contributed by atoms with Gasteiger partial charge < -0.3 is 16.2 Å². The molecule has 0 radical (unpaired) electrons. The Morgan fingerprint density at radius 2 is 2.15 bits per heavy atom. The van der Waals surface area contributed by atoms with Crippen LogP contribution in [0.4, 0.5) is 0 Å². The Bertz CT molecular complexity index is 359. The molecule has 0 saturated heterocycles. The molecule has 1 rings (SSSR count). The molecule has 4 unspecified atom stereocenters. The van der Waals surface area contributed by atoms with Crippen LogP contribution in [0.2, 0.25) is 0 Å². The van der Waals surface area contributed by atoms with Gasteiger partial charge in [0, 0.05) is 19.0 Å². The van der Waals surface area contributed by atoms with Crippen LogP contribution < -0.4 is 11.1 Å². The number of rotatable bonds is 7. The van der Waals surface area contributed by atoms with E-state index >= 15 is 0 Å². The first kappa shape index (κ1) is 17.0. The van der Waals surface area contributed by atoms with Crippen LogP contribution in [0.3, 0.4) is 0 Å². The summed E-state index contributed by atoms with van der Waals surface area (Å²) in [4.78, 5) is 22.9. The highest BCUT2D eigenvalue weighted by atomic mass is 16.4. The third-order valence-electron chi connectivity index (χ3n) is 4.55. The molecule has 1 saturated carbocycles. The summed E-state index contributed by atoms with van der Waals surface area (Å²) in [6.45, 7) is 5.55. The highest BCUT2D eigenvalue weighted by Gasteiger charge is 2.46. The van der Waals surface area contributed by atoms with Crippen molar-refractivity contribution in [2.45, 2.75) is 71.4 Å². The van der Waals surface area contributed by atoms with E-state index < -0.39 is 11.4 Å². The molecule has 5 nitrogen and oxygen atoms in total. The second-order valence-electron chi connectivity index (χ2n) is 6.33. The van der Waals surface area contributed by atoms with Gasteiger partial charge in [-0.05, 0) is 44.9 Å². The highest BCUT2D eigenvalue weighted by molar-refractivity contribution is 5.75. The number of nitrogens with one attached hydrogen (secondary N) is 1. The van der Waals surface area contributed by atoms with Crippen molar-refractivity contribution >= 4 is 11.9 Å². The summed E-state index contributed by atoms with van der Waals surface area (Å²) in [6, 6.07) is -0.00931. The molecule has 0 aliphatic heterocycles. The molecule has 0 spiro atoms. The zero-order valence-corrected chi connectivity index (χ0v) is 12.8. The van der Waals surface area contributed by atoms with Crippen molar-refractivity contribution in [1.82, 2.24) is 5.32 Å². The van der Waals surface area contributed by atoms with Gasteiger partial charge in [-0.25, -0.2) is 0 Å². The summed E-state index contributed by atoms with van der Waals surface area (Å²) in [5.74, 6) is -0.613. The summed E-state index contributed by atoms with van der Waals surface area (Å²) >= 11 is 0. The van der Waals surface area contributed by atoms with Crippen molar-refractivity contribution in [3.8, 4) is 0 Å². The normalized spacial score (nSPS) is 28.9. The zero-order chi connectivity index (χ0) is 15.3. The molecule has 1 amide bonds. The lowest BCUT2D eigenvalue weighted by atomic mass is 9.74. The van der Waals surface area contributed by atoms with Gasteiger partial charge in [0.1, 0.15) is 0 Å². The third kappa shape index (κ3) is 4.20. The number of carboxylic acids is 1. The quantitative estimate of drug-likeness (QED) is 0.665. The lowest BCUT2D eigenvalue weighted by Gasteiger charge is -2.32. The summed E-state index contributed by atoms with van der Waals surface area (Å²) < 4.78 is 0. The number of carboxylic acid groups (broad SMARTS) is 1. The first-order valence-corrected chi connectivity index (χ1v) is 7.57. The van der Waals surface area contributed by atoms with Crippen molar-refractivity contribution in [2.75, 3.05) is 0 Å². The van der Waals surface area contributed by atoms with Gasteiger partial charge in [-0.3, -0.25) is 9.59 Å². The number of carbonyl (C=O) groups is 2. The Morgan fingerprint density at radius 3 is 2.55 bits per heavy atom. The summed E-state index contributed by atoms with van der Waals surface area (Å²) in [5, 5.41) is 12.5. The molecule has 1 fully saturated rings. The largest absolute Gasteiger partial charge is 0.481 e. The number of hydrogen-bond acceptors (Lipinski definition) is 3. The van der Waals surface area contributed by atoms with E-state index in [1.807, 2.05) is 6.92 Å². The van der Waals surface area contributed by atoms with Crippen molar-refractivity contribution in [3.05, 3.63) is 0 Å². The van der Waals surface area contributed by atoms with Gasteiger partial charge in [-0.2, -0.15) is 0 Å². The van der Waals surface area contributed by atoms with Gasteiger partial charge >= 0.3 is 5.97 Å². The Labute approximate surface area is 121 Å². The van der Waals surface area contributed by atoms with Gasteiger partial charge in [0.05, 0.1) is 5.41 Å². The molecule has 20 heavy (non-hydrogen) atoms. The average molecular weight is 284 g/mol. The van der Waals surface area contributed by atoms with Crippen LogP contribution >= 0.6 is 0 Å². The molecule has 5 heteroatoms. The minimum absolute atomic E-state index is 0.000462. The third-order valence-corrected chi connectivity index (χ3v) is 4.55. The second-order valence-corrected chi connectivity index (χ2v) is 6.33. The molecular formula is C15H28N2O3. The van der Waals surface area contributed by atoms with E-state index in [0.717, 1.165) is 19.3 Å². The van der Waals surface area contributed by atoms with Crippen molar-refractivity contribution in [1.29, 1.82) is 0 Å². The summed E-state index contributed by atoms with van der Waals surface area (Å²) in [5.41, 5.74) is 5.22. The minimum atomic E-state index is -0.735. The smallest absolute Gasteiger partial charge is 0.309 e. The van der Waals surface area contributed by atoms with E-state index in [1.165, 1.54) is 6.92 Å². The van der Waals surface area contributed by atoms with E-state index in [0.29, 0.717) is 19.3 Å². The topological polar surface area (TPSA) is 92.4 Å². The predicted molar refractivity (Wildman–Crippen MR) is 78.2 cm³/mol. The fourth-order valence-corrected chi connectivity index (χ4v) is 3.47. The van der Waals surface area contributed by atoms with Crippen LogP contribution in [0.5, 0.6) is 0 Å². The Hall–Kier alpha value is -1.10. The number of hydrogen-bond donors (Lipinski definition) is 3. The average Bonchev–Trinajstić information content (AvgIpc) is 2.70. The Morgan fingerprint density at radius 1 is 1.50 bits per heavy atom. The molecule has 4 N–H and O–H groups in total. The van der Waals surface area contributed by atoms with Crippen molar-refractivity contribution in [2.24, 2.45) is 17.1 Å². The van der Waals surface area contributed by atoms with Crippen LogP contribution in [-0.4, -0.2) is 29.1 Å². The molecule has 0 heterocycles.